The number of hydrogen-bond donors (Lipinski definition) is 1. The van der Waals surface area contributed by atoms with Crippen molar-refractivity contribution >= 4 is 11.8 Å². The minimum atomic E-state index is 0.0909. The summed E-state index contributed by atoms with van der Waals surface area (Å²) in [5.74, 6) is 0.306. The van der Waals surface area contributed by atoms with Gasteiger partial charge in [-0.3, -0.25) is 9.59 Å². The average Bonchev–Trinajstić information content (AvgIpc) is 2.91. The van der Waals surface area contributed by atoms with Gasteiger partial charge in [0.05, 0.1) is 0 Å². The van der Waals surface area contributed by atoms with E-state index in [0.717, 1.165) is 71.1 Å². The van der Waals surface area contributed by atoms with Gasteiger partial charge in [0, 0.05) is 38.5 Å². The fraction of sp³-hybridized carbons (Fsp3) is 0.652. The van der Waals surface area contributed by atoms with Crippen LogP contribution in [0, 0.1) is 0 Å². The van der Waals surface area contributed by atoms with Crippen molar-refractivity contribution in [3.05, 3.63) is 35.9 Å². The zero-order valence-electron chi connectivity index (χ0n) is 17.1. The van der Waals surface area contributed by atoms with Gasteiger partial charge in [-0.1, -0.05) is 36.8 Å². The molecular formula is C23H35N3O2. The summed E-state index contributed by atoms with van der Waals surface area (Å²) >= 11 is 0. The standard InChI is InChI=1S/C23H35N3O2/c27-22(14-18-26-17-6-2-5-13-23(26)28)24-21-12-8-16-25(19-21)15-7-11-20-9-3-1-4-10-20/h1,3-4,9-10,21H,2,5-8,11-19H2,(H,24,27)/t21-/m1/s1. The van der Waals surface area contributed by atoms with Crippen LogP contribution in [0.15, 0.2) is 30.3 Å². The molecule has 1 N–H and O–H groups in total. The van der Waals surface area contributed by atoms with Crippen LogP contribution in [0.2, 0.25) is 0 Å². The first-order chi connectivity index (χ1) is 13.7. The molecule has 154 valence electrons. The van der Waals surface area contributed by atoms with Crippen molar-refractivity contribution in [2.75, 3.05) is 32.7 Å². The smallest absolute Gasteiger partial charge is 0.222 e. The topological polar surface area (TPSA) is 52.7 Å². The molecule has 1 atom stereocenters. The second-order valence-electron chi connectivity index (χ2n) is 8.24. The summed E-state index contributed by atoms with van der Waals surface area (Å²) in [4.78, 5) is 28.8. The number of carbonyl (C=O) groups is 2. The molecule has 3 rings (SSSR count). The minimum absolute atomic E-state index is 0.0909. The number of piperidine rings is 1. The van der Waals surface area contributed by atoms with Crippen LogP contribution >= 0.6 is 0 Å². The van der Waals surface area contributed by atoms with Crippen LogP contribution in [0.1, 0.15) is 56.9 Å². The summed E-state index contributed by atoms with van der Waals surface area (Å²) in [6.07, 6.45) is 8.71. The molecule has 2 heterocycles. The van der Waals surface area contributed by atoms with Crippen LogP contribution < -0.4 is 5.32 Å². The number of hydrogen-bond acceptors (Lipinski definition) is 3. The molecule has 0 radical (unpaired) electrons. The summed E-state index contributed by atoms with van der Waals surface area (Å²) in [6, 6.07) is 10.9. The molecule has 2 saturated heterocycles. The maximum absolute atomic E-state index is 12.4. The van der Waals surface area contributed by atoms with Gasteiger partial charge in [-0.25, -0.2) is 0 Å². The Morgan fingerprint density at radius 2 is 1.89 bits per heavy atom. The predicted molar refractivity (Wildman–Crippen MR) is 112 cm³/mol. The van der Waals surface area contributed by atoms with Gasteiger partial charge in [0.2, 0.25) is 11.8 Å². The average molecular weight is 386 g/mol. The van der Waals surface area contributed by atoms with Gasteiger partial charge in [-0.2, -0.15) is 0 Å². The van der Waals surface area contributed by atoms with Crippen molar-refractivity contribution in [1.29, 1.82) is 0 Å². The molecule has 2 aliphatic rings. The van der Waals surface area contributed by atoms with Gasteiger partial charge >= 0.3 is 0 Å². The first-order valence-electron chi connectivity index (χ1n) is 11.0. The van der Waals surface area contributed by atoms with E-state index in [1.807, 2.05) is 4.90 Å². The molecular weight excluding hydrogens is 350 g/mol. The number of amides is 2. The Bertz CT molecular complexity index is 620. The molecule has 1 aromatic rings. The molecule has 0 spiro atoms. The third-order valence-electron chi connectivity index (χ3n) is 5.93. The third-order valence-corrected chi connectivity index (χ3v) is 5.93. The molecule has 28 heavy (non-hydrogen) atoms. The van der Waals surface area contributed by atoms with E-state index >= 15 is 0 Å². The van der Waals surface area contributed by atoms with Crippen LogP contribution in [-0.4, -0.2) is 60.4 Å². The Balaban J connectivity index is 1.34. The Morgan fingerprint density at radius 1 is 1.04 bits per heavy atom. The molecule has 0 aliphatic carbocycles. The Labute approximate surface area is 169 Å². The molecule has 0 aromatic heterocycles. The molecule has 5 heteroatoms. The van der Waals surface area contributed by atoms with Crippen LogP contribution in [0.3, 0.4) is 0 Å². The Hall–Kier alpha value is -1.88. The van der Waals surface area contributed by atoms with E-state index in [1.165, 1.54) is 5.56 Å². The molecule has 0 saturated carbocycles. The van der Waals surface area contributed by atoms with E-state index in [1.54, 1.807) is 0 Å². The van der Waals surface area contributed by atoms with Crippen LogP contribution in [0.4, 0.5) is 0 Å². The first kappa shape index (κ1) is 20.8. The lowest BCUT2D eigenvalue weighted by atomic mass is 10.0. The lowest BCUT2D eigenvalue weighted by Gasteiger charge is -2.33. The highest BCUT2D eigenvalue weighted by Crippen LogP contribution is 2.13. The largest absolute Gasteiger partial charge is 0.352 e. The van der Waals surface area contributed by atoms with Crippen molar-refractivity contribution in [2.45, 2.75) is 63.8 Å². The van der Waals surface area contributed by atoms with Crippen molar-refractivity contribution in [3.63, 3.8) is 0 Å². The molecule has 1 aromatic carbocycles. The Kier molecular flexibility index (Phi) is 8.34. The monoisotopic (exact) mass is 385 g/mol. The highest BCUT2D eigenvalue weighted by molar-refractivity contribution is 5.79. The highest BCUT2D eigenvalue weighted by Gasteiger charge is 2.22. The van der Waals surface area contributed by atoms with Gasteiger partial charge < -0.3 is 15.1 Å². The van der Waals surface area contributed by atoms with Gasteiger partial charge in [0.25, 0.3) is 0 Å². The number of carbonyl (C=O) groups excluding carboxylic acids is 2. The second kappa shape index (κ2) is 11.2. The van der Waals surface area contributed by atoms with Gasteiger partial charge in [0.1, 0.15) is 0 Å². The van der Waals surface area contributed by atoms with Crippen LogP contribution in [0.25, 0.3) is 0 Å². The van der Waals surface area contributed by atoms with Gasteiger partial charge in [0.15, 0.2) is 0 Å². The SMILES string of the molecule is O=C(CCN1CCCCCC1=O)N[C@@H]1CCCN(CCCc2ccccc2)C1. The Morgan fingerprint density at radius 3 is 2.75 bits per heavy atom. The van der Waals surface area contributed by atoms with Crippen LogP contribution in [-0.2, 0) is 16.0 Å². The molecule has 0 unspecified atom stereocenters. The van der Waals surface area contributed by atoms with E-state index in [2.05, 4.69) is 40.5 Å². The first-order valence-corrected chi connectivity index (χ1v) is 11.0. The van der Waals surface area contributed by atoms with E-state index in [0.29, 0.717) is 19.4 Å². The van der Waals surface area contributed by atoms with Crippen molar-refractivity contribution < 1.29 is 9.59 Å². The van der Waals surface area contributed by atoms with Gasteiger partial charge in [-0.15, -0.1) is 0 Å². The number of nitrogens with zero attached hydrogens (tertiary/aromatic N) is 2. The summed E-state index contributed by atoms with van der Waals surface area (Å²) < 4.78 is 0. The van der Waals surface area contributed by atoms with E-state index < -0.39 is 0 Å². The van der Waals surface area contributed by atoms with Gasteiger partial charge in [-0.05, 0) is 57.2 Å². The molecule has 2 aliphatic heterocycles. The quantitative estimate of drug-likeness (QED) is 0.748. The highest BCUT2D eigenvalue weighted by atomic mass is 16.2. The van der Waals surface area contributed by atoms with Crippen LogP contribution in [0.5, 0.6) is 0 Å². The zero-order chi connectivity index (χ0) is 19.6. The van der Waals surface area contributed by atoms with Crippen molar-refractivity contribution in [2.24, 2.45) is 0 Å². The van der Waals surface area contributed by atoms with E-state index in [4.69, 9.17) is 0 Å². The second-order valence-corrected chi connectivity index (χ2v) is 8.24. The molecule has 2 fully saturated rings. The normalized spacial score (nSPS) is 21.4. The minimum Gasteiger partial charge on any atom is -0.352 e. The predicted octanol–water partition coefficient (Wildman–Crippen LogP) is 2.99. The molecule has 0 bridgehead atoms. The lowest BCUT2D eigenvalue weighted by Crippen LogP contribution is -2.48. The zero-order valence-corrected chi connectivity index (χ0v) is 17.1. The fourth-order valence-electron chi connectivity index (χ4n) is 4.34. The lowest BCUT2D eigenvalue weighted by molar-refractivity contribution is -0.131. The number of aryl methyl sites for hydroxylation is 1. The number of rotatable bonds is 8. The summed E-state index contributed by atoms with van der Waals surface area (Å²) in [5, 5.41) is 3.21. The number of benzene rings is 1. The summed E-state index contributed by atoms with van der Waals surface area (Å²) in [5.41, 5.74) is 1.40. The number of likely N-dealkylation sites (tertiary alicyclic amines) is 2. The maximum Gasteiger partial charge on any atom is 0.222 e. The third kappa shape index (κ3) is 6.93. The number of nitrogens with one attached hydrogen (secondary N) is 1. The maximum atomic E-state index is 12.4. The summed E-state index contributed by atoms with van der Waals surface area (Å²) in [7, 11) is 0. The van der Waals surface area contributed by atoms with E-state index in [-0.39, 0.29) is 17.9 Å². The van der Waals surface area contributed by atoms with Crippen molar-refractivity contribution in [3.8, 4) is 0 Å². The summed E-state index contributed by atoms with van der Waals surface area (Å²) in [6.45, 7) is 4.54. The fourth-order valence-corrected chi connectivity index (χ4v) is 4.34. The van der Waals surface area contributed by atoms with E-state index in [9.17, 15) is 9.59 Å². The molecule has 5 nitrogen and oxygen atoms in total. The molecule has 2 amide bonds. The van der Waals surface area contributed by atoms with Crippen molar-refractivity contribution in [1.82, 2.24) is 15.1 Å².